The summed E-state index contributed by atoms with van der Waals surface area (Å²) in [6, 6.07) is 0. The van der Waals surface area contributed by atoms with Crippen LogP contribution < -0.4 is 5.32 Å². The molecular formula is C12H25NO3. The maximum absolute atomic E-state index is 11.9. The van der Waals surface area contributed by atoms with Crippen LogP contribution in [0.3, 0.4) is 0 Å². The van der Waals surface area contributed by atoms with Gasteiger partial charge >= 0.3 is 0 Å². The van der Waals surface area contributed by atoms with E-state index in [2.05, 4.69) is 12.2 Å². The summed E-state index contributed by atoms with van der Waals surface area (Å²) in [5, 5.41) is 11.7. The van der Waals surface area contributed by atoms with Crippen LogP contribution in [0.2, 0.25) is 0 Å². The molecular weight excluding hydrogens is 206 g/mol. The lowest BCUT2D eigenvalue weighted by molar-refractivity contribution is -0.142. The lowest BCUT2D eigenvalue weighted by Crippen LogP contribution is -2.46. The maximum atomic E-state index is 11.9. The molecule has 16 heavy (non-hydrogen) atoms. The van der Waals surface area contributed by atoms with Gasteiger partial charge in [-0.15, -0.1) is 0 Å². The summed E-state index contributed by atoms with van der Waals surface area (Å²) in [5.41, 5.74) is -0.739. The van der Waals surface area contributed by atoms with Gasteiger partial charge in [0.2, 0.25) is 0 Å². The van der Waals surface area contributed by atoms with E-state index in [1.165, 1.54) is 0 Å². The van der Waals surface area contributed by atoms with Crippen LogP contribution in [0.4, 0.5) is 0 Å². The lowest BCUT2D eigenvalue weighted by Gasteiger charge is -2.26. The normalized spacial score (nSPS) is 16.6. The van der Waals surface area contributed by atoms with Crippen molar-refractivity contribution in [2.24, 2.45) is 5.92 Å². The second kappa shape index (κ2) is 7.63. The molecule has 0 aliphatic carbocycles. The zero-order valence-electron chi connectivity index (χ0n) is 10.9. The number of carbonyl (C=O) groups is 1. The van der Waals surface area contributed by atoms with Crippen LogP contribution in [-0.4, -0.2) is 36.9 Å². The molecule has 0 aromatic carbocycles. The van der Waals surface area contributed by atoms with Gasteiger partial charge in [0.15, 0.2) is 0 Å². The maximum Gasteiger partial charge on any atom is 0.251 e. The number of aliphatic hydroxyl groups excluding tert-OH is 1. The summed E-state index contributed by atoms with van der Waals surface area (Å²) in [5.74, 6) is 0.265. The number of hydrogen-bond donors (Lipinski definition) is 2. The van der Waals surface area contributed by atoms with E-state index < -0.39 is 5.60 Å². The molecule has 0 aliphatic rings. The van der Waals surface area contributed by atoms with Crippen molar-refractivity contribution in [2.45, 2.75) is 45.6 Å². The predicted molar refractivity (Wildman–Crippen MR) is 64.2 cm³/mol. The minimum atomic E-state index is -0.739. The minimum absolute atomic E-state index is 0.0751. The van der Waals surface area contributed by atoms with E-state index >= 15 is 0 Å². The first-order chi connectivity index (χ1) is 7.53. The van der Waals surface area contributed by atoms with E-state index in [9.17, 15) is 4.79 Å². The molecule has 0 aromatic rings. The Hall–Kier alpha value is -0.610. The van der Waals surface area contributed by atoms with Gasteiger partial charge in [-0.25, -0.2) is 0 Å². The first-order valence-corrected chi connectivity index (χ1v) is 5.98. The van der Waals surface area contributed by atoms with Crippen molar-refractivity contribution < 1.29 is 14.6 Å². The van der Waals surface area contributed by atoms with E-state index in [4.69, 9.17) is 9.84 Å². The van der Waals surface area contributed by atoms with Gasteiger partial charge in [0, 0.05) is 20.3 Å². The molecule has 0 heterocycles. The second-order valence-electron chi connectivity index (χ2n) is 4.29. The van der Waals surface area contributed by atoms with Gasteiger partial charge in [-0.2, -0.15) is 0 Å². The molecule has 2 atom stereocenters. The van der Waals surface area contributed by atoms with Gasteiger partial charge in [0.25, 0.3) is 5.91 Å². The Kier molecular flexibility index (Phi) is 7.34. The summed E-state index contributed by atoms with van der Waals surface area (Å²) in [6.07, 6.45) is 2.33. The van der Waals surface area contributed by atoms with E-state index in [-0.39, 0.29) is 12.5 Å². The fraction of sp³-hybridized carbons (Fsp3) is 0.917. The Balaban J connectivity index is 4.13. The number of methoxy groups -OCH3 is 1. The number of nitrogens with one attached hydrogen (secondary N) is 1. The number of carbonyl (C=O) groups excluding carboxylic acids is 1. The summed E-state index contributed by atoms with van der Waals surface area (Å²) in [6.45, 7) is 6.55. The van der Waals surface area contributed by atoms with Crippen LogP contribution in [-0.2, 0) is 9.53 Å². The molecule has 2 N–H and O–H groups in total. The van der Waals surface area contributed by atoms with E-state index in [1.807, 2.05) is 6.92 Å². The topological polar surface area (TPSA) is 58.6 Å². The third-order valence-corrected chi connectivity index (χ3v) is 3.27. The SMILES string of the molecule is CCC(CCO)CNC(=O)C(C)(CC)OC. The summed E-state index contributed by atoms with van der Waals surface area (Å²) < 4.78 is 5.21. The monoisotopic (exact) mass is 231 g/mol. The van der Waals surface area contributed by atoms with Crippen molar-refractivity contribution in [2.75, 3.05) is 20.3 Å². The fourth-order valence-corrected chi connectivity index (χ4v) is 1.45. The van der Waals surface area contributed by atoms with Gasteiger partial charge in [-0.1, -0.05) is 20.3 Å². The molecule has 0 saturated carbocycles. The number of aliphatic hydroxyl groups is 1. The molecule has 2 unspecified atom stereocenters. The molecule has 0 saturated heterocycles. The average molecular weight is 231 g/mol. The molecule has 0 spiro atoms. The average Bonchev–Trinajstić information content (AvgIpc) is 2.32. The number of ether oxygens (including phenoxy) is 1. The lowest BCUT2D eigenvalue weighted by atomic mass is 10.00. The Morgan fingerprint density at radius 1 is 1.50 bits per heavy atom. The largest absolute Gasteiger partial charge is 0.396 e. The van der Waals surface area contributed by atoms with Crippen molar-refractivity contribution in [1.82, 2.24) is 5.32 Å². The smallest absolute Gasteiger partial charge is 0.251 e. The highest BCUT2D eigenvalue weighted by Crippen LogP contribution is 2.14. The molecule has 0 rings (SSSR count). The van der Waals surface area contributed by atoms with E-state index in [0.29, 0.717) is 18.9 Å². The van der Waals surface area contributed by atoms with Crippen molar-refractivity contribution in [3.05, 3.63) is 0 Å². The number of hydrogen-bond acceptors (Lipinski definition) is 3. The Bertz CT molecular complexity index is 202. The van der Waals surface area contributed by atoms with Crippen LogP contribution >= 0.6 is 0 Å². The summed E-state index contributed by atoms with van der Waals surface area (Å²) in [4.78, 5) is 11.9. The molecule has 96 valence electrons. The van der Waals surface area contributed by atoms with E-state index in [1.54, 1.807) is 14.0 Å². The summed E-state index contributed by atoms with van der Waals surface area (Å²) >= 11 is 0. The molecule has 0 fully saturated rings. The third-order valence-electron chi connectivity index (χ3n) is 3.27. The van der Waals surface area contributed by atoms with Gasteiger partial charge in [0.1, 0.15) is 5.60 Å². The Morgan fingerprint density at radius 2 is 2.12 bits per heavy atom. The first-order valence-electron chi connectivity index (χ1n) is 5.98. The standard InChI is InChI=1S/C12H25NO3/c1-5-10(7-8-14)9-13-11(15)12(3,6-2)16-4/h10,14H,5-9H2,1-4H3,(H,13,15). The van der Waals surface area contributed by atoms with Crippen molar-refractivity contribution in [3.8, 4) is 0 Å². The molecule has 0 aliphatic heterocycles. The van der Waals surface area contributed by atoms with Crippen LogP contribution in [0, 0.1) is 5.92 Å². The first kappa shape index (κ1) is 15.4. The quantitative estimate of drug-likeness (QED) is 0.662. The Morgan fingerprint density at radius 3 is 2.50 bits per heavy atom. The molecule has 0 radical (unpaired) electrons. The molecule has 1 amide bonds. The number of amides is 1. The van der Waals surface area contributed by atoms with Crippen molar-refractivity contribution >= 4 is 5.91 Å². The van der Waals surface area contributed by atoms with Gasteiger partial charge in [0.05, 0.1) is 0 Å². The molecule has 0 bridgehead atoms. The highest BCUT2D eigenvalue weighted by molar-refractivity contribution is 5.84. The van der Waals surface area contributed by atoms with Crippen LogP contribution in [0.1, 0.15) is 40.0 Å². The van der Waals surface area contributed by atoms with Crippen LogP contribution in [0.15, 0.2) is 0 Å². The molecule has 4 nitrogen and oxygen atoms in total. The highest BCUT2D eigenvalue weighted by atomic mass is 16.5. The van der Waals surface area contributed by atoms with Gasteiger partial charge < -0.3 is 15.2 Å². The third kappa shape index (κ3) is 4.49. The van der Waals surface area contributed by atoms with Gasteiger partial charge in [-0.3, -0.25) is 4.79 Å². The predicted octanol–water partition coefficient (Wildman–Crippen LogP) is 1.33. The molecule has 4 heteroatoms. The molecule has 0 aromatic heterocycles. The summed E-state index contributed by atoms with van der Waals surface area (Å²) in [7, 11) is 1.55. The van der Waals surface area contributed by atoms with Crippen molar-refractivity contribution in [3.63, 3.8) is 0 Å². The zero-order valence-corrected chi connectivity index (χ0v) is 10.9. The van der Waals surface area contributed by atoms with Crippen molar-refractivity contribution in [1.29, 1.82) is 0 Å². The van der Waals surface area contributed by atoms with E-state index in [0.717, 1.165) is 12.8 Å². The highest BCUT2D eigenvalue weighted by Gasteiger charge is 2.30. The van der Waals surface area contributed by atoms with Crippen LogP contribution in [0.5, 0.6) is 0 Å². The van der Waals surface area contributed by atoms with Crippen LogP contribution in [0.25, 0.3) is 0 Å². The fourth-order valence-electron chi connectivity index (χ4n) is 1.45. The minimum Gasteiger partial charge on any atom is -0.396 e. The van der Waals surface area contributed by atoms with Gasteiger partial charge in [-0.05, 0) is 25.7 Å². The second-order valence-corrected chi connectivity index (χ2v) is 4.29. The zero-order chi connectivity index (χ0) is 12.6. The number of rotatable bonds is 8. The Labute approximate surface area is 98.4 Å².